The lowest BCUT2D eigenvalue weighted by Gasteiger charge is -2.08. The van der Waals surface area contributed by atoms with Crippen molar-refractivity contribution in [2.24, 2.45) is 0 Å². The molecule has 1 aromatic carbocycles. The molecule has 1 aromatic heterocycles. The molecule has 0 bridgehead atoms. The second kappa shape index (κ2) is 6.00. The second-order valence-electron chi connectivity index (χ2n) is 4.38. The Morgan fingerprint density at radius 3 is 2.79 bits per heavy atom. The predicted octanol–water partition coefficient (Wildman–Crippen LogP) is 1.95. The number of phenols is 1. The summed E-state index contributed by atoms with van der Waals surface area (Å²) in [6, 6.07) is 8.74. The lowest BCUT2D eigenvalue weighted by Crippen LogP contribution is -2.24. The van der Waals surface area contributed by atoms with Crippen LogP contribution in [0.25, 0.3) is 0 Å². The molecule has 2 N–H and O–H groups in total. The van der Waals surface area contributed by atoms with Gasteiger partial charge in [-0.1, -0.05) is 18.2 Å². The van der Waals surface area contributed by atoms with Crippen LogP contribution in [0.15, 0.2) is 42.7 Å². The first kappa shape index (κ1) is 13.1. The van der Waals surface area contributed by atoms with E-state index in [1.165, 1.54) is 0 Å². The standard InChI is InChI=1S/C15H16N2O2/c1-11-9-16-7-6-13(11)10-17-15(19)8-12-4-2-3-5-14(12)18/h2-7,9,18H,8,10H2,1H3,(H,17,19). The SMILES string of the molecule is Cc1cnccc1CNC(=O)Cc1ccccc1O. The normalized spacial score (nSPS) is 10.2. The van der Waals surface area contributed by atoms with Crippen LogP contribution in [0.2, 0.25) is 0 Å². The number of phenolic OH excluding ortho intramolecular Hbond substituents is 1. The van der Waals surface area contributed by atoms with Crippen LogP contribution >= 0.6 is 0 Å². The lowest BCUT2D eigenvalue weighted by atomic mass is 10.1. The molecule has 0 unspecified atom stereocenters. The van der Waals surface area contributed by atoms with Crippen molar-refractivity contribution in [1.82, 2.24) is 10.3 Å². The number of para-hydroxylation sites is 1. The zero-order valence-corrected chi connectivity index (χ0v) is 10.8. The Hall–Kier alpha value is -2.36. The smallest absolute Gasteiger partial charge is 0.224 e. The number of carbonyl (C=O) groups is 1. The van der Waals surface area contributed by atoms with Gasteiger partial charge in [0.15, 0.2) is 0 Å². The van der Waals surface area contributed by atoms with Gasteiger partial charge in [0.1, 0.15) is 5.75 Å². The highest BCUT2D eigenvalue weighted by Gasteiger charge is 2.07. The van der Waals surface area contributed by atoms with E-state index in [1.54, 1.807) is 36.7 Å². The molecule has 0 spiro atoms. The number of nitrogens with one attached hydrogen (secondary N) is 1. The number of aryl methyl sites for hydroxylation is 1. The van der Waals surface area contributed by atoms with Gasteiger partial charge in [0.25, 0.3) is 0 Å². The van der Waals surface area contributed by atoms with Crippen LogP contribution < -0.4 is 5.32 Å². The molecule has 1 amide bonds. The highest BCUT2D eigenvalue weighted by atomic mass is 16.3. The summed E-state index contributed by atoms with van der Waals surface area (Å²) in [7, 11) is 0. The molecular weight excluding hydrogens is 240 g/mol. The van der Waals surface area contributed by atoms with Gasteiger partial charge in [0, 0.05) is 24.5 Å². The molecule has 98 valence electrons. The number of hydrogen-bond acceptors (Lipinski definition) is 3. The lowest BCUT2D eigenvalue weighted by molar-refractivity contribution is -0.120. The Morgan fingerprint density at radius 2 is 2.05 bits per heavy atom. The summed E-state index contributed by atoms with van der Waals surface area (Å²) in [5, 5.41) is 12.4. The molecule has 19 heavy (non-hydrogen) atoms. The Kier molecular flexibility index (Phi) is 4.13. The molecule has 0 fully saturated rings. The molecule has 0 saturated carbocycles. The maximum Gasteiger partial charge on any atom is 0.224 e. The van der Waals surface area contributed by atoms with Gasteiger partial charge < -0.3 is 10.4 Å². The second-order valence-corrected chi connectivity index (χ2v) is 4.38. The molecular formula is C15H16N2O2. The third-order valence-corrected chi connectivity index (χ3v) is 2.96. The minimum absolute atomic E-state index is 0.113. The fourth-order valence-electron chi connectivity index (χ4n) is 1.79. The predicted molar refractivity (Wildman–Crippen MR) is 72.6 cm³/mol. The van der Waals surface area contributed by atoms with Crippen LogP contribution in [-0.2, 0) is 17.8 Å². The first-order valence-electron chi connectivity index (χ1n) is 6.10. The number of hydrogen-bond donors (Lipinski definition) is 2. The van der Waals surface area contributed by atoms with Crippen molar-refractivity contribution in [3.05, 3.63) is 59.4 Å². The molecule has 0 aliphatic carbocycles. The van der Waals surface area contributed by atoms with Gasteiger partial charge in [0.05, 0.1) is 6.42 Å². The Bertz CT molecular complexity index is 582. The third kappa shape index (κ3) is 3.55. The van der Waals surface area contributed by atoms with E-state index in [2.05, 4.69) is 10.3 Å². The quantitative estimate of drug-likeness (QED) is 0.879. The molecule has 0 atom stereocenters. The van der Waals surface area contributed by atoms with Crippen LogP contribution in [-0.4, -0.2) is 16.0 Å². The zero-order valence-electron chi connectivity index (χ0n) is 10.8. The van der Waals surface area contributed by atoms with Gasteiger partial charge in [0.2, 0.25) is 5.91 Å². The largest absolute Gasteiger partial charge is 0.508 e. The van der Waals surface area contributed by atoms with Crippen LogP contribution in [0.1, 0.15) is 16.7 Å². The molecule has 4 heteroatoms. The van der Waals surface area contributed by atoms with Crippen molar-refractivity contribution in [1.29, 1.82) is 0 Å². The number of pyridine rings is 1. The van der Waals surface area contributed by atoms with Gasteiger partial charge in [-0.05, 0) is 30.2 Å². The van der Waals surface area contributed by atoms with E-state index in [0.717, 1.165) is 11.1 Å². The Balaban J connectivity index is 1.92. The van der Waals surface area contributed by atoms with Crippen molar-refractivity contribution in [2.75, 3.05) is 0 Å². The van der Waals surface area contributed by atoms with Crippen molar-refractivity contribution < 1.29 is 9.90 Å². The fourth-order valence-corrected chi connectivity index (χ4v) is 1.79. The molecule has 0 saturated heterocycles. The summed E-state index contributed by atoms with van der Waals surface area (Å²) >= 11 is 0. The highest BCUT2D eigenvalue weighted by molar-refractivity contribution is 5.79. The van der Waals surface area contributed by atoms with Gasteiger partial charge in [-0.25, -0.2) is 0 Å². The molecule has 0 aliphatic rings. The number of nitrogens with zero attached hydrogens (tertiary/aromatic N) is 1. The summed E-state index contributed by atoms with van der Waals surface area (Å²) in [6.07, 6.45) is 3.65. The van der Waals surface area contributed by atoms with Crippen molar-refractivity contribution in [3.63, 3.8) is 0 Å². The van der Waals surface area contributed by atoms with Gasteiger partial charge in [-0.3, -0.25) is 9.78 Å². The van der Waals surface area contributed by atoms with Crippen LogP contribution in [0, 0.1) is 6.92 Å². The Labute approximate surface area is 112 Å². The summed E-state index contributed by atoms with van der Waals surface area (Å²) < 4.78 is 0. The average Bonchev–Trinajstić information content (AvgIpc) is 2.40. The van der Waals surface area contributed by atoms with Crippen molar-refractivity contribution in [2.45, 2.75) is 19.9 Å². The zero-order chi connectivity index (χ0) is 13.7. The minimum atomic E-state index is -0.113. The topological polar surface area (TPSA) is 62.2 Å². The van der Waals surface area contributed by atoms with Crippen molar-refractivity contribution in [3.8, 4) is 5.75 Å². The summed E-state index contributed by atoms with van der Waals surface area (Å²) in [6.45, 7) is 2.43. The summed E-state index contributed by atoms with van der Waals surface area (Å²) in [5.74, 6) is 0.0375. The number of aromatic hydroxyl groups is 1. The molecule has 2 aromatic rings. The van der Waals surface area contributed by atoms with E-state index in [1.807, 2.05) is 13.0 Å². The number of rotatable bonds is 4. The van der Waals surface area contributed by atoms with E-state index in [9.17, 15) is 9.90 Å². The molecule has 0 aliphatic heterocycles. The maximum atomic E-state index is 11.8. The van der Waals surface area contributed by atoms with Crippen LogP contribution in [0.5, 0.6) is 5.75 Å². The number of carbonyl (C=O) groups excluding carboxylic acids is 1. The minimum Gasteiger partial charge on any atom is -0.508 e. The van der Waals surface area contributed by atoms with E-state index >= 15 is 0 Å². The number of amides is 1. The van der Waals surface area contributed by atoms with E-state index < -0.39 is 0 Å². The van der Waals surface area contributed by atoms with Crippen LogP contribution in [0.4, 0.5) is 0 Å². The first-order chi connectivity index (χ1) is 9.16. The highest BCUT2D eigenvalue weighted by Crippen LogP contribution is 2.15. The van der Waals surface area contributed by atoms with E-state index in [4.69, 9.17) is 0 Å². The summed E-state index contributed by atoms with van der Waals surface area (Å²) in [4.78, 5) is 15.8. The molecule has 4 nitrogen and oxygen atoms in total. The maximum absolute atomic E-state index is 11.8. The third-order valence-electron chi connectivity index (χ3n) is 2.96. The number of aromatic nitrogens is 1. The monoisotopic (exact) mass is 256 g/mol. The van der Waals surface area contributed by atoms with Crippen LogP contribution in [0.3, 0.4) is 0 Å². The molecule has 1 heterocycles. The van der Waals surface area contributed by atoms with E-state index in [0.29, 0.717) is 12.1 Å². The van der Waals surface area contributed by atoms with E-state index in [-0.39, 0.29) is 18.1 Å². The Morgan fingerprint density at radius 1 is 1.26 bits per heavy atom. The fraction of sp³-hybridized carbons (Fsp3) is 0.200. The first-order valence-corrected chi connectivity index (χ1v) is 6.10. The van der Waals surface area contributed by atoms with Gasteiger partial charge >= 0.3 is 0 Å². The molecule has 2 rings (SSSR count). The number of benzene rings is 1. The van der Waals surface area contributed by atoms with Gasteiger partial charge in [-0.15, -0.1) is 0 Å². The molecule has 0 radical (unpaired) electrons. The van der Waals surface area contributed by atoms with Crippen molar-refractivity contribution >= 4 is 5.91 Å². The average molecular weight is 256 g/mol. The van der Waals surface area contributed by atoms with Gasteiger partial charge in [-0.2, -0.15) is 0 Å². The summed E-state index contributed by atoms with van der Waals surface area (Å²) in [5.41, 5.74) is 2.72.